The number of nitrogens with one attached hydrogen (secondary N) is 1. The maximum Gasteiger partial charge on any atom is 0.261 e. The van der Waals surface area contributed by atoms with Crippen molar-refractivity contribution in [3.05, 3.63) is 67.5 Å². The molecule has 1 N–H and O–H groups in total. The second-order valence-electron chi connectivity index (χ2n) is 8.56. The van der Waals surface area contributed by atoms with Gasteiger partial charge in [-0.3, -0.25) is 14.4 Å². The average molecular weight is 443 g/mol. The number of likely N-dealkylation sites (tertiary alicyclic amines) is 1. The molecule has 1 unspecified atom stereocenters. The molecule has 0 spiro atoms. The number of fused-ring (bicyclic) bond motifs is 1. The van der Waals surface area contributed by atoms with Gasteiger partial charge in [0.1, 0.15) is 5.56 Å². The summed E-state index contributed by atoms with van der Waals surface area (Å²) >= 11 is 3.48. The fourth-order valence-corrected chi connectivity index (χ4v) is 4.83. The number of aromatic nitrogens is 1. The van der Waals surface area contributed by atoms with Crippen molar-refractivity contribution in [2.45, 2.75) is 45.6 Å². The summed E-state index contributed by atoms with van der Waals surface area (Å²) in [6, 6.07) is 9.38. The molecule has 1 aromatic carbocycles. The van der Waals surface area contributed by atoms with Crippen LogP contribution >= 0.6 is 15.9 Å². The number of hydrogen-bond acceptors (Lipinski definition) is 3. The first-order chi connectivity index (χ1) is 13.2. The van der Waals surface area contributed by atoms with Crippen LogP contribution in [0.4, 0.5) is 0 Å². The molecule has 146 valence electrons. The van der Waals surface area contributed by atoms with Crippen LogP contribution in [0.5, 0.6) is 0 Å². The van der Waals surface area contributed by atoms with Gasteiger partial charge in [-0.25, -0.2) is 0 Å². The lowest BCUT2D eigenvalue weighted by Crippen LogP contribution is -2.37. The lowest BCUT2D eigenvalue weighted by molar-refractivity contribution is 0.0733. The number of halogens is 1. The quantitative estimate of drug-likeness (QED) is 0.754. The highest BCUT2D eigenvalue weighted by Gasteiger charge is 2.35. The first-order valence-electron chi connectivity index (χ1n) is 9.61. The summed E-state index contributed by atoms with van der Waals surface area (Å²) in [7, 11) is 0. The molecular weight excluding hydrogens is 420 g/mol. The topological polar surface area (TPSA) is 70.2 Å². The van der Waals surface area contributed by atoms with E-state index >= 15 is 0 Å². The Labute approximate surface area is 172 Å². The highest BCUT2D eigenvalue weighted by molar-refractivity contribution is 9.10. The minimum Gasteiger partial charge on any atom is -0.331 e. The van der Waals surface area contributed by atoms with Gasteiger partial charge in [0.25, 0.3) is 11.5 Å². The Morgan fingerprint density at radius 3 is 2.75 bits per heavy atom. The van der Waals surface area contributed by atoms with Crippen LogP contribution in [0.2, 0.25) is 0 Å². The number of hydrogen-bond donors (Lipinski definition) is 1. The van der Waals surface area contributed by atoms with Gasteiger partial charge in [-0.15, -0.1) is 0 Å². The van der Waals surface area contributed by atoms with E-state index in [0.717, 1.165) is 22.9 Å². The number of pyridine rings is 1. The molecular formula is C22H23BrN2O3. The molecule has 0 bridgehead atoms. The Balaban J connectivity index is 1.69. The molecule has 0 saturated carbocycles. The standard InChI is InChI=1S/C22H23BrN2O3/c1-22(2)11-17-15(19(26)12-22)10-16(20(27)24-17)21(28)25-8-4-7-18(25)13-5-3-6-14(23)9-13/h3,5-6,9-10,18H,4,7-8,11-12H2,1-2H3,(H,24,27). The van der Waals surface area contributed by atoms with Gasteiger partial charge in [0.05, 0.1) is 6.04 Å². The molecule has 2 aromatic rings. The number of ketones is 1. The molecule has 1 aromatic heterocycles. The van der Waals surface area contributed by atoms with Gasteiger partial charge in [0.15, 0.2) is 5.78 Å². The number of rotatable bonds is 2. The zero-order valence-electron chi connectivity index (χ0n) is 16.0. The monoisotopic (exact) mass is 442 g/mol. The first-order valence-corrected chi connectivity index (χ1v) is 10.4. The highest BCUT2D eigenvalue weighted by atomic mass is 79.9. The van der Waals surface area contributed by atoms with Gasteiger partial charge in [-0.05, 0) is 48.4 Å². The molecule has 6 heteroatoms. The number of carbonyl (C=O) groups is 2. The van der Waals surface area contributed by atoms with Crippen molar-refractivity contribution < 1.29 is 9.59 Å². The van der Waals surface area contributed by atoms with Crippen molar-refractivity contribution in [2.24, 2.45) is 5.41 Å². The van der Waals surface area contributed by atoms with Gasteiger partial charge in [-0.2, -0.15) is 0 Å². The number of nitrogens with zero attached hydrogens (tertiary/aromatic N) is 1. The number of amides is 1. The molecule has 4 rings (SSSR count). The second kappa shape index (κ2) is 6.99. The minimum atomic E-state index is -0.408. The summed E-state index contributed by atoms with van der Waals surface area (Å²) in [6.45, 7) is 4.63. The van der Waals surface area contributed by atoms with Crippen LogP contribution < -0.4 is 5.56 Å². The Kier molecular flexibility index (Phi) is 4.78. The summed E-state index contributed by atoms with van der Waals surface area (Å²) in [5.41, 5.74) is 1.66. The second-order valence-corrected chi connectivity index (χ2v) is 9.47. The molecule has 5 nitrogen and oxygen atoms in total. The predicted molar refractivity (Wildman–Crippen MR) is 111 cm³/mol. The van der Waals surface area contributed by atoms with Gasteiger partial charge in [0.2, 0.25) is 0 Å². The molecule has 1 amide bonds. The Bertz CT molecular complexity index is 1020. The van der Waals surface area contributed by atoms with E-state index in [0.29, 0.717) is 30.6 Å². The average Bonchev–Trinajstić information content (AvgIpc) is 3.09. The molecule has 2 aliphatic rings. The van der Waals surface area contributed by atoms with E-state index in [2.05, 4.69) is 20.9 Å². The van der Waals surface area contributed by atoms with Gasteiger partial charge in [-0.1, -0.05) is 41.9 Å². The summed E-state index contributed by atoms with van der Waals surface area (Å²) in [5, 5.41) is 0. The molecule has 1 saturated heterocycles. The van der Waals surface area contributed by atoms with Gasteiger partial charge < -0.3 is 9.88 Å². The van der Waals surface area contributed by atoms with Crippen molar-refractivity contribution >= 4 is 27.6 Å². The van der Waals surface area contributed by atoms with Gasteiger partial charge >= 0.3 is 0 Å². The molecule has 28 heavy (non-hydrogen) atoms. The Morgan fingerprint density at radius 1 is 1.21 bits per heavy atom. The zero-order chi connectivity index (χ0) is 20.1. The van der Waals surface area contributed by atoms with E-state index in [1.165, 1.54) is 6.07 Å². The highest BCUT2D eigenvalue weighted by Crippen LogP contribution is 2.36. The normalized spacial score (nSPS) is 20.9. The smallest absolute Gasteiger partial charge is 0.261 e. The molecule has 0 radical (unpaired) electrons. The largest absolute Gasteiger partial charge is 0.331 e. The third kappa shape index (κ3) is 3.46. The summed E-state index contributed by atoms with van der Waals surface area (Å²) in [5.74, 6) is -0.314. The number of aromatic amines is 1. The number of benzene rings is 1. The number of H-pyrrole nitrogens is 1. The van der Waals surface area contributed by atoms with E-state index in [-0.39, 0.29) is 28.7 Å². The Morgan fingerprint density at radius 2 is 2.00 bits per heavy atom. The van der Waals surface area contributed by atoms with Crippen molar-refractivity contribution in [3.8, 4) is 0 Å². The van der Waals surface area contributed by atoms with Crippen molar-refractivity contribution in [3.63, 3.8) is 0 Å². The third-order valence-corrected chi connectivity index (χ3v) is 6.19. The number of carbonyl (C=O) groups excluding carboxylic acids is 2. The number of Topliss-reactive ketones (excluding diaryl/α,β-unsaturated/α-hetero) is 1. The van der Waals surface area contributed by atoms with Crippen LogP contribution in [0.15, 0.2) is 39.6 Å². The van der Waals surface area contributed by atoms with Crippen LogP contribution in [0, 0.1) is 5.41 Å². The van der Waals surface area contributed by atoms with Gasteiger partial charge in [0, 0.05) is 28.7 Å². The third-order valence-electron chi connectivity index (χ3n) is 5.70. The van der Waals surface area contributed by atoms with E-state index in [1.807, 2.05) is 38.1 Å². The summed E-state index contributed by atoms with van der Waals surface area (Å²) < 4.78 is 0.962. The van der Waals surface area contributed by atoms with E-state index in [4.69, 9.17) is 0 Å². The molecule has 1 aliphatic heterocycles. The molecule has 2 heterocycles. The first kappa shape index (κ1) is 19.1. The zero-order valence-corrected chi connectivity index (χ0v) is 17.6. The summed E-state index contributed by atoms with van der Waals surface area (Å²) in [4.78, 5) is 43.1. The fraction of sp³-hybridized carbons (Fsp3) is 0.409. The maximum absolute atomic E-state index is 13.2. The Hall–Kier alpha value is -2.21. The summed E-state index contributed by atoms with van der Waals surface area (Å²) in [6.07, 6.45) is 2.79. The van der Waals surface area contributed by atoms with Crippen molar-refractivity contribution in [1.29, 1.82) is 0 Å². The SMILES string of the molecule is CC1(C)CC(=O)c2cc(C(=O)N3CCCC3c3cccc(Br)c3)c(=O)[nH]c2C1. The van der Waals surface area contributed by atoms with Crippen molar-refractivity contribution in [1.82, 2.24) is 9.88 Å². The lowest BCUT2D eigenvalue weighted by Gasteiger charge is -2.30. The fourth-order valence-electron chi connectivity index (χ4n) is 4.41. The van der Waals surface area contributed by atoms with Crippen LogP contribution in [0.25, 0.3) is 0 Å². The van der Waals surface area contributed by atoms with Crippen molar-refractivity contribution in [2.75, 3.05) is 6.54 Å². The predicted octanol–water partition coefficient (Wildman–Crippen LogP) is 4.27. The van der Waals surface area contributed by atoms with E-state index < -0.39 is 5.56 Å². The molecule has 1 aliphatic carbocycles. The molecule has 1 fully saturated rings. The van der Waals surface area contributed by atoms with Crippen LogP contribution in [0.3, 0.4) is 0 Å². The van der Waals surface area contributed by atoms with Crippen LogP contribution in [-0.4, -0.2) is 28.1 Å². The lowest BCUT2D eigenvalue weighted by atomic mass is 9.75. The van der Waals surface area contributed by atoms with E-state index in [1.54, 1.807) is 4.90 Å². The maximum atomic E-state index is 13.2. The molecule has 1 atom stereocenters. The van der Waals surface area contributed by atoms with E-state index in [9.17, 15) is 14.4 Å². The minimum absolute atomic E-state index is 0.0125. The van der Waals surface area contributed by atoms with Crippen LogP contribution in [0.1, 0.15) is 71.1 Å². The van der Waals surface area contributed by atoms with Crippen LogP contribution in [-0.2, 0) is 6.42 Å².